The van der Waals surface area contributed by atoms with Crippen molar-refractivity contribution in [3.8, 4) is 0 Å². The van der Waals surface area contributed by atoms with Gasteiger partial charge in [0.05, 0.1) is 0 Å². The lowest BCUT2D eigenvalue weighted by molar-refractivity contribution is 0.527. The van der Waals surface area contributed by atoms with Crippen LogP contribution in [0.4, 0.5) is 0 Å². The topological polar surface area (TPSA) is 15.3 Å². The third-order valence-electron chi connectivity index (χ3n) is 2.05. The summed E-state index contributed by atoms with van der Waals surface area (Å²) in [6.07, 6.45) is 0. The zero-order valence-electron chi connectivity index (χ0n) is 8.74. The monoisotopic (exact) mass is 286 g/mol. The van der Waals surface area contributed by atoms with E-state index < -0.39 is 0 Å². The molecule has 0 heterocycles. The van der Waals surface area contributed by atoms with E-state index in [-0.39, 0.29) is 0 Å². The molecule has 0 radical (unpaired) electrons. The molecule has 0 fully saturated rings. The molecule has 0 bridgehead atoms. The molecule has 2 nitrogen and oxygen atoms in total. The number of hydrogen-bond acceptors (Lipinski definition) is 1. The van der Waals surface area contributed by atoms with Crippen molar-refractivity contribution in [2.24, 2.45) is 0 Å². The van der Waals surface area contributed by atoms with Crippen molar-refractivity contribution < 1.29 is 0 Å². The summed E-state index contributed by atoms with van der Waals surface area (Å²) in [5, 5.41) is 4.94. The minimum absolute atomic E-state index is 0.784. The van der Waals surface area contributed by atoms with Gasteiger partial charge in [0.25, 0.3) is 0 Å². The summed E-state index contributed by atoms with van der Waals surface area (Å²) in [6.45, 7) is 1.70. The van der Waals surface area contributed by atoms with Crippen molar-refractivity contribution in [3.05, 3.63) is 35.9 Å². The molecule has 1 aromatic carbocycles. The molecular weight excluding hydrogens is 272 g/mol. The van der Waals surface area contributed by atoms with Crippen molar-refractivity contribution in [1.82, 2.24) is 10.2 Å². The second-order valence-corrected chi connectivity index (χ2v) is 4.43. The minimum atomic E-state index is 0.784. The Kier molecular flexibility index (Phi) is 5.65. The molecule has 0 amide bonds. The van der Waals surface area contributed by atoms with Crippen molar-refractivity contribution in [2.45, 2.75) is 6.54 Å². The second-order valence-electron chi connectivity index (χ2n) is 3.25. The highest BCUT2D eigenvalue weighted by Crippen LogP contribution is 1.98. The van der Waals surface area contributed by atoms with Gasteiger partial charge in [-0.2, -0.15) is 0 Å². The Hall–Kier alpha value is -0.610. The molecule has 4 heteroatoms. The first-order valence-corrected chi connectivity index (χ1v) is 6.36. The molecule has 1 rings (SSSR count). The van der Waals surface area contributed by atoms with Gasteiger partial charge in [-0.25, -0.2) is 0 Å². The van der Waals surface area contributed by atoms with Crippen LogP contribution in [0.15, 0.2) is 30.3 Å². The van der Waals surface area contributed by atoms with Crippen LogP contribution in [0.5, 0.6) is 0 Å². The number of nitrogens with one attached hydrogen (secondary N) is 1. The lowest BCUT2D eigenvalue weighted by atomic mass is 10.2. The van der Waals surface area contributed by atoms with Crippen LogP contribution in [0.25, 0.3) is 0 Å². The molecule has 82 valence electrons. The highest BCUT2D eigenvalue weighted by molar-refractivity contribution is 9.09. The van der Waals surface area contributed by atoms with E-state index >= 15 is 0 Å². The van der Waals surface area contributed by atoms with Crippen LogP contribution in [-0.2, 0) is 6.54 Å². The molecule has 0 aliphatic heterocycles. The molecule has 0 saturated carbocycles. The zero-order valence-corrected chi connectivity index (χ0v) is 11.1. The molecule has 1 N–H and O–H groups in total. The van der Waals surface area contributed by atoms with E-state index in [2.05, 4.69) is 33.4 Å². The van der Waals surface area contributed by atoms with Crippen LogP contribution < -0.4 is 5.32 Å². The summed E-state index contributed by atoms with van der Waals surface area (Å²) < 4.78 is 0. The van der Waals surface area contributed by atoms with Crippen LogP contribution in [0, 0.1) is 0 Å². The highest BCUT2D eigenvalue weighted by Gasteiger charge is 2.01. The third-order valence-corrected chi connectivity index (χ3v) is 2.86. The fraction of sp³-hybridized carbons (Fsp3) is 0.364. The fourth-order valence-electron chi connectivity index (χ4n) is 1.14. The molecule has 0 spiro atoms. The lowest BCUT2D eigenvalue weighted by Gasteiger charge is -2.19. The van der Waals surface area contributed by atoms with E-state index in [0.717, 1.165) is 23.5 Å². The summed E-state index contributed by atoms with van der Waals surface area (Å²) in [5.74, 6) is 0. The maximum Gasteiger partial charge on any atom is 0.168 e. The Balaban J connectivity index is 2.34. The zero-order chi connectivity index (χ0) is 11.1. The van der Waals surface area contributed by atoms with E-state index in [1.54, 1.807) is 0 Å². The highest BCUT2D eigenvalue weighted by atomic mass is 79.9. The first-order chi connectivity index (χ1) is 7.24. The third kappa shape index (κ3) is 4.62. The Labute approximate surface area is 105 Å². The van der Waals surface area contributed by atoms with Gasteiger partial charge in [0, 0.05) is 25.5 Å². The SMILES string of the molecule is CN(CCBr)C(=S)NCc1ccccc1. The number of benzene rings is 1. The Bertz CT molecular complexity index is 303. The average molecular weight is 287 g/mol. The van der Waals surface area contributed by atoms with Crippen LogP contribution in [-0.4, -0.2) is 28.9 Å². The van der Waals surface area contributed by atoms with Crippen molar-refractivity contribution in [2.75, 3.05) is 18.9 Å². The number of rotatable bonds is 4. The molecule has 15 heavy (non-hydrogen) atoms. The van der Waals surface area contributed by atoms with E-state index in [4.69, 9.17) is 12.2 Å². The van der Waals surface area contributed by atoms with Crippen LogP contribution in [0.3, 0.4) is 0 Å². The summed E-state index contributed by atoms with van der Waals surface area (Å²) in [4.78, 5) is 2.02. The van der Waals surface area contributed by atoms with Gasteiger partial charge in [0.1, 0.15) is 0 Å². The van der Waals surface area contributed by atoms with Gasteiger partial charge in [-0.15, -0.1) is 0 Å². The number of alkyl halides is 1. The van der Waals surface area contributed by atoms with Gasteiger partial charge in [-0.3, -0.25) is 0 Å². The molecule has 0 aliphatic rings. The van der Waals surface area contributed by atoms with E-state index in [9.17, 15) is 0 Å². The Morgan fingerprint density at radius 2 is 2.07 bits per heavy atom. The normalized spacial score (nSPS) is 9.73. The number of halogens is 1. The number of hydrogen-bond donors (Lipinski definition) is 1. The second kappa shape index (κ2) is 6.80. The summed E-state index contributed by atoms with van der Waals surface area (Å²) in [5.41, 5.74) is 1.24. The molecule has 0 aliphatic carbocycles. The predicted molar refractivity (Wildman–Crippen MR) is 72.3 cm³/mol. The lowest BCUT2D eigenvalue weighted by Crippen LogP contribution is -2.37. The van der Waals surface area contributed by atoms with Crippen LogP contribution >= 0.6 is 28.1 Å². The largest absolute Gasteiger partial charge is 0.358 e. The van der Waals surface area contributed by atoms with Gasteiger partial charge in [-0.05, 0) is 17.8 Å². The first kappa shape index (κ1) is 12.5. The number of nitrogens with zero attached hydrogens (tertiary/aromatic N) is 1. The van der Waals surface area contributed by atoms with Crippen LogP contribution in [0.2, 0.25) is 0 Å². The van der Waals surface area contributed by atoms with Gasteiger partial charge in [0.15, 0.2) is 5.11 Å². The summed E-state index contributed by atoms with van der Waals surface area (Å²) in [6, 6.07) is 10.2. The van der Waals surface area contributed by atoms with Crippen molar-refractivity contribution in [1.29, 1.82) is 0 Å². The molecule has 0 atom stereocenters. The predicted octanol–water partition coefficient (Wildman–Crippen LogP) is 2.39. The maximum atomic E-state index is 5.24. The van der Waals surface area contributed by atoms with Gasteiger partial charge in [0.2, 0.25) is 0 Å². The van der Waals surface area contributed by atoms with Gasteiger partial charge >= 0.3 is 0 Å². The quantitative estimate of drug-likeness (QED) is 0.676. The van der Waals surface area contributed by atoms with Crippen molar-refractivity contribution in [3.63, 3.8) is 0 Å². The van der Waals surface area contributed by atoms with Gasteiger partial charge < -0.3 is 10.2 Å². The molecule has 0 saturated heterocycles. The maximum absolute atomic E-state index is 5.24. The average Bonchev–Trinajstić information content (AvgIpc) is 2.27. The summed E-state index contributed by atoms with van der Waals surface area (Å²) in [7, 11) is 1.99. The van der Waals surface area contributed by atoms with Crippen LogP contribution in [0.1, 0.15) is 5.56 Å². The fourth-order valence-corrected chi connectivity index (χ4v) is 1.83. The number of thiocarbonyl (C=S) groups is 1. The Morgan fingerprint density at radius 3 is 2.67 bits per heavy atom. The van der Waals surface area contributed by atoms with E-state index in [0.29, 0.717) is 0 Å². The minimum Gasteiger partial charge on any atom is -0.358 e. The molecular formula is C11H15BrN2S. The van der Waals surface area contributed by atoms with Crippen molar-refractivity contribution >= 4 is 33.3 Å². The van der Waals surface area contributed by atoms with Gasteiger partial charge in [-0.1, -0.05) is 46.3 Å². The standard InChI is InChI=1S/C11H15BrN2S/c1-14(8-7-12)11(15)13-9-10-5-3-2-4-6-10/h2-6H,7-9H2,1H3,(H,13,15). The summed E-state index contributed by atoms with van der Waals surface area (Å²) >= 11 is 8.62. The molecule has 1 aromatic rings. The molecule has 0 aromatic heterocycles. The Morgan fingerprint density at radius 1 is 1.40 bits per heavy atom. The molecule has 0 unspecified atom stereocenters. The van der Waals surface area contributed by atoms with E-state index in [1.807, 2.05) is 30.1 Å². The first-order valence-electron chi connectivity index (χ1n) is 4.83. The van der Waals surface area contributed by atoms with E-state index in [1.165, 1.54) is 5.56 Å². The smallest absolute Gasteiger partial charge is 0.168 e.